The normalized spacial score (nSPS) is 20.1. The second-order valence-electron chi connectivity index (χ2n) is 6.94. The topological polar surface area (TPSA) is 52.0 Å². The number of fused-ring (bicyclic) bond motifs is 1. The Bertz CT molecular complexity index is 754. The number of quaternary nitrogens is 1. The first-order chi connectivity index (χ1) is 12.8. The number of nitrogens with one attached hydrogen (secondary N) is 2. The van der Waals surface area contributed by atoms with E-state index in [-0.39, 0.29) is 11.9 Å². The van der Waals surface area contributed by atoms with Crippen LogP contribution in [0.2, 0.25) is 0 Å². The number of rotatable bonds is 4. The molecule has 0 radical (unpaired) electrons. The van der Waals surface area contributed by atoms with E-state index in [0.29, 0.717) is 12.2 Å². The summed E-state index contributed by atoms with van der Waals surface area (Å²) < 4.78 is 11.1. The summed E-state index contributed by atoms with van der Waals surface area (Å²) in [5.74, 6) is 0.838. The molecule has 0 unspecified atom stereocenters. The van der Waals surface area contributed by atoms with E-state index in [1.165, 1.54) is 10.5 Å². The number of amides is 1. The van der Waals surface area contributed by atoms with Crippen molar-refractivity contribution in [3.63, 3.8) is 0 Å². The first-order valence-electron chi connectivity index (χ1n) is 9.32. The van der Waals surface area contributed by atoms with E-state index in [0.717, 1.165) is 50.6 Å². The minimum atomic E-state index is -0.0306. The number of carbonyl (C=O) groups is 1. The Labute approximate surface area is 153 Å². The monoisotopic (exact) mass is 353 g/mol. The van der Waals surface area contributed by atoms with Gasteiger partial charge in [-0.1, -0.05) is 30.3 Å². The van der Waals surface area contributed by atoms with Gasteiger partial charge in [0.2, 0.25) is 0 Å². The fourth-order valence-corrected chi connectivity index (χ4v) is 3.63. The van der Waals surface area contributed by atoms with Crippen molar-refractivity contribution >= 4 is 5.91 Å². The Kier molecular flexibility index (Phi) is 5.18. The molecule has 2 heterocycles. The molecule has 0 spiro atoms. The van der Waals surface area contributed by atoms with Crippen LogP contribution in [0.5, 0.6) is 5.75 Å². The second-order valence-corrected chi connectivity index (χ2v) is 6.94. The van der Waals surface area contributed by atoms with Crippen LogP contribution in [0.1, 0.15) is 33.9 Å². The van der Waals surface area contributed by atoms with Gasteiger partial charge in [-0.3, -0.25) is 4.79 Å². The number of benzene rings is 2. The molecule has 0 aromatic heterocycles. The van der Waals surface area contributed by atoms with Crippen LogP contribution in [0, 0.1) is 0 Å². The molecular weight excluding hydrogens is 328 g/mol. The standard InChI is InChI=1S/C21H24N2O3/c24-21(22-19-9-12-26-20-4-2-1-3-18(19)20)17-7-5-16(6-8-17)15-23-10-13-25-14-11-23/h1-8,19H,9-15H2,(H,22,24)/p+1/t19-/m0/s1. The Balaban J connectivity index is 1.39. The van der Waals surface area contributed by atoms with E-state index in [1.807, 2.05) is 36.4 Å². The first kappa shape index (κ1) is 17.1. The van der Waals surface area contributed by atoms with E-state index in [2.05, 4.69) is 17.4 Å². The lowest BCUT2D eigenvalue weighted by molar-refractivity contribution is -0.921. The maximum atomic E-state index is 12.7. The molecule has 5 nitrogen and oxygen atoms in total. The van der Waals surface area contributed by atoms with Gasteiger partial charge in [-0.05, 0) is 18.2 Å². The van der Waals surface area contributed by atoms with Gasteiger partial charge in [-0.25, -0.2) is 0 Å². The van der Waals surface area contributed by atoms with Gasteiger partial charge < -0.3 is 19.7 Å². The molecule has 136 valence electrons. The Morgan fingerprint density at radius 3 is 2.62 bits per heavy atom. The minimum absolute atomic E-state index is 0.00456. The number of hydrogen-bond acceptors (Lipinski definition) is 3. The quantitative estimate of drug-likeness (QED) is 0.873. The van der Waals surface area contributed by atoms with Crippen LogP contribution in [0.4, 0.5) is 0 Å². The molecule has 26 heavy (non-hydrogen) atoms. The van der Waals surface area contributed by atoms with E-state index in [1.54, 1.807) is 0 Å². The summed E-state index contributed by atoms with van der Waals surface area (Å²) in [6, 6.07) is 15.9. The van der Waals surface area contributed by atoms with Gasteiger partial charge in [-0.15, -0.1) is 0 Å². The van der Waals surface area contributed by atoms with Gasteiger partial charge in [-0.2, -0.15) is 0 Å². The molecular formula is C21H25N2O3+. The molecule has 0 saturated carbocycles. The van der Waals surface area contributed by atoms with E-state index >= 15 is 0 Å². The van der Waals surface area contributed by atoms with Gasteiger partial charge in [0.05, 0.1) is 25.9 Å². The Hall–Kier alpha value is -2.37. The maximum absolute atomic E-state index is 12.7. The van der Waals surface area contributed by atoms with Crippen molar-refractivity contribution in [3.05, 3.63) is 65.2 Å². The van der Waals surface area contributed by atoms with Crippen LogP contribution in [-0.4, -0.2) is 38.8 Å². The van der Waals surface area contributed by atoms with Crippen molar-refractivity contribution in [2.75, 3.05) is 32.9 Å². The average molecular weight is 353 g/mol. The van der Waals surface area contributed by atoms with Crippen LogP contribution in [-0.2, 0) is 11.3 Å². The highest BCUT2D eigenvalue weighted by molar-refractivity contribution is 5.94. The summed E-state index contributed by atoms with van der Waals surface area (Å²) >= 11 is 0. The van der Waals surface area contributed by atoms with Gasteiger partial charge in [0.25, 0.3) is 5.91 Å². The van der Waals surface area contributed by atoms with Crippen molar-refractivity contribution < 1.29 is 19.2 Å². The lowest BCUT2D eigenvalue weighted by Gasteiger charge is -2.26. The number of ether oxygens (including phenoxy) is 2. The molecule has 4 rings (SSSR count). The van der Waals surface area contributed by atoms with Gasteiger partial charge in [0.1, 0.15) is 25.4 Å². The van der Waals surface area contributed by atoms with E-state index in [4.69, 9.17) is 9.47 Å². The molecule has 2 aromatic carbocycles. The molecule has 2 aliphatic heterocycles. The Morgan fingerprint density at radius 2 is 1.81 bits per heavy atom. The Morgan fingerprint density at radius 1 is 1.04 bits per heavy atom. The number of hydrogen-bond donors (Lipinski definition) is 2. The van der Waals surface area contributed by atoms with Crippen LogP contribution >= 0.6 is 0 Å². The van der Waals surface area contributed by atoms with E-state index in [9.17, 15) is 4.79 Å². The van der Waals surface area contributed by atoms with Gasteiger partial charge in [0.15, 0.2) is 0 Å². The van der Waals surface area contributed by atoms with Gasteiger partial charge >= 0.3 is 0 Å². The summed E-state index contributed by atoms with van der Waals surface area (Å²) in [6.45, 7) is 5.38. The van der Waals surface area contributed by atoms with Crippen molar-refractivity contribution in [1.29, 1.82) is 0 Å². The second kappa shape index (κ2) is 7.89. The van der Waals surface area contributed by atoms with Crippen LogP contribution in [0.3, 0.4) is 0 Å². The lowest BCUT2D eigenvalue weighted by atomic mass is 10.00. The van der Waals surface area contributed by atoms with Crippen molar-refractivity contribution in [2.45, 2.75) is 19.0 Å². The average Bonchev–Trinajstić information content (AvgIpc) is 2.70. The molecule has 1 atom stereocenters. The summed E-state index contributed by atoms with van der Waals surface area (Å²) in [5.41, 5.74) is 3.02. The zero-order valence-corrected chi connectivity index (χ0v) is 14.9. The summed E-state index contributed by atoms with van der Waals surface area (Å²) in [4.78, 5) is 14.2. The predicted octanol–water partition coefficient (Wildman–Crippen LogP) is 1.36. The molecule has 1 saturated heterocycles. The fraction of sp³-hybridized carbons (Fsp3) is 0.381. The highest BCUT2D eigenvalue weighted by Crippen LogP contribution is 2.31. The largest absolute Gasteiger partial charge is 0.493 e. The third-order valence-corrected chi connectivity index (χ3v) is 5.13. The highest BCUT2D eigenvalue weighted by atomic mass is 16.5. The van der Waals surface area contributed by atoms with Crippen molar-refractivity contribution in [3.8, 4) is 5.75 Å². The summed E-state index contributed by atoms with van der Waals surface area (Å²) in [6.07, 6.45) is 0.793. The SMILES string of the molecule is O=C(N[C@H]1CCOc2ccccc21)c1ccc(C[NH+]2CCOCC2)cc1. The highest BCUT2D eigenvalue weighted by Gasteiger charge is 2.23. The first-order valence-corrected chi connectivity index (χ1v) is 9.32. The molecule has 2 N–H and O–H groups in total. The molecule has 2 aliphatic rings. The van der Waals surface area contributed by atoms with Crippen molar-refractivity contribution in [1.82, 2.24) is 5.32 Å². The fourth-order valence-electron chi connectivity index (χ4n) is 3.63. The molecule has 5 heteroatoms. The summed E-state index contributed by atoms with van der Waals surface area (Å²) in [5, 5.41) is 3.15. The zero-order valence-electron chi connectivity index (χ0n) is 14.9. The molecule has 1 amide bonds. The van der Waals surface area contributed by atoms with Gasteiger partial charge in [0, 0.05) is 23.1 Å². The third-order valence-electron chi connectivity index (χ3n) is 5.13. The van der Waals surface area contributed by atoms with Crippen LogP contribution in [0.15, 0.2) is 48.5 Å². The summed E-state index contributed by atoms with van der Waals surface area (Å²) in [7, 11) is 0. The molecule has 2 aromatic rings. The zero-order chi connectivity index (χ0) is 17.8. The molecule has 0 aliphatic carbocycles. The number of carbonyl (C=O) groups excluding carboxylic acids is 1. The molecule has 1 fully saturated rings. The number of morpholine rings is 1. The smallest absolute Gasteiger partial charge is 0.251 e. The minimum Gasteiger partial charge on any atom is -0.493 e. The predicted molar refractivity (Wildman–Crippen MR) is 98.4 cm³/mol. The molecule has 0 bridgehead atoms. The third kappa shape index (κ3) is 3.89. The van der Waals surface area contributed by atoms with Crippen molar-refractivity contribution in [2.24, 2.45) is 0 Å². The van der Waals surface area contributed by atoms with Crippen LogP contribution in [0.25, 0.3) is 0 Å². The lowest BCUT2D eigenvalue weighted by Crippen LogP contribution is -3.12. The van der Waals surface area contributed by atoms with Crippen LogP contribution < -0.4 is 15.0 Å². The maximum Gasteiger partial charge on any atom is 0.251 e. The van der Waals surface area contributed by atoms with E-state index < -0.39 is 0 Å². The number of para-hydroxylation sites is 1.